The first-order valence-corrected chi connectivity index (χ1v) is 3.78. The van der Waals surface area contributed by atoms with E-state index in [1.165, 1.54) is 19.2 Å². The van der Waals surface area contributed by atoms with Crippen molar-refractivity contribution in [1.82, 2.24) is 0 Å². The van der Waals surface area contributed by atoms with Crippen molar-refractivity contribution >= 4 is 17.8 Å². The first-order chi connectivity index (χ1) is 6.16. The van der Waals surface area contributed by atoms with E-state index in [4.69, 9.17) is 11.6 Å². The van der Waals surface area contributed by atoms with Crippen LogP contribution in [-0.4, -0.2) is 18.4 Å². The van der Waals surface area contributed by atoms with Crippen LogP contribution in [0.1, 0.15) is 5.56 Å². The van der Waals surface area contributed by atoms with Crippen LogP contribution in [0.3, 0.4) is 0 Å². The number of oxime groups is 1. The lowest BCUT2D eigenvalue weighted by Gasteiger charge is -2.01. The molecule has 1 aromatic rings. The normalized spacial score (nSPS) is 10.7. The molecule has 0 saturated carbocycles. The molecule has 0 aliphatic carbocycles. The smallest absolute Gasteiger partial charge is 0.154 e. The molecule has 70 valence electrons. The zero-order valence-electron chi connectivity index (χ0n) is 6.79. The van der Waals surface area contributed by atoms with Gasteiger partial charge in [0.15, 0.2) is 5.82 Å². The standard InChI is InChI=1S/C8H7ClFNO2/c1-13-11-4-5-7(12)3-2-6(9)8(5)10/h2-4,12H,1H3/b11-4+. The van der Waals surface area contributed by atoms with E-state index in [1.54, 1.807) is 0 Å². The molecule has 0 heterocycles. The Kier molecular flexibility index (Phi) is 3.08. The number of benzene rings is 1. The second-order valence-electron chi connectivity index (χ2n) is 2.21. The van der Waals surface area contributed by atoms with Gasteiger partial charge in [-0.05, 0) is 12.1 Å². The molecule has 0 unspecified atom stereocenters. The monoisotopic (exact) mass is 203 g/mol. The molecular formula is C8H7ClFNO2. The van der Waals surface area contributed by atoms with Gasteiger partial charge in [0, 0.05) is 0 Å². The summed E-state index contributed by atoms with van der Waals surface area (Å²) in [6.45, 7) is 0. The Hall–Kier alpha value is -1.29. The highest BCUT2D eigenvalue weighted by atomic mass is 35.5. The highest BCUT2D eigenvalue weighted by molar-refractivity contribution is 6.31. The number of phenolic OH excluding ortho intramolecular Hbond substituents is 1. The Morgan fingerprint density at radius 2 is 2.31 bits per heavy atom. The SMILES string of the molecule is CO/N=C/c1c(O)ccc(Cl)c1F. The van der Waals surface area contributed by atoms with Crippen LogP contribution in [0.5, 0.6) is 5.75 Å². The molecule has 3 nitrogen and oxygen atoms in total. The summed E-state index contributed by atoms with van der Waals surface area (Å²) in [6.07, 6.45) is 1.05. The molecule has 0 atom stereocenters. The van der Waals surface area contributed by atoms with Gasteiger partial charge in [-0.3, -0.25) is 0 Å². The van der Waals surface area contributed by atoms with E-state index in [1.807, 2.05) is 0 Å². The molecule has 0 aliphatic rings. The average Bonchev–Trinajstić information content (AvgIpc) is 2.12. The highest BCUT2D eigenvalue weighted by Gasteiger charge is 2.09. The lowest BCUT2D eigenvalue weighted by molar-refractivity contribution is 0.215. The minimum Gasteiger partial charge on any atom is -0.507 e. The van der Waals surface area contributed by atoms with Gasteiger partial charge in [-0.15, -0.1) is 0 Å². The molecule has 0 radical (unpaired) electrons. The van der Waals surface area contributed by atoms with Gasteiger partial charge in [-0.2, -0.15) is 0 Å². The van der Waals surface area contributed by atoms with E-state index in [2.05, 4.69) is 9.99 Å². The molecule has 0 aromatic heterocycles. The minimum absolute atomic E-state index is 0.0737. The Balaban J connectivity index is 3.17. The van der Waals surface area contributed by atoms with Crippen molar-refractivity contribution in [2.75, 3.05) is 7.11 Å². The molecule has 0 aliphatic heterocycles. The Morgan fingerprint density at radius 1 is 1.62 bits per heavy atom. The van der Waals surface area contributed by atoms with E-state index in [-0.39, 0.29) is 16.3 Å². The average molecular weight is 204 g/mol. The molecule has 0 fully saturated rings. The number of hydrogen-bond acceptors (Lipinski definition) is 3. The number of aromatic hydroxyl groups is 1. The van der Waals surface area contributed by atoms with Gasteiger partial charge in [0.25, 0.3) is 0 Å². The van der Waals surface area contributed by atoms with Crippen LogP contribution in [0.15, 0.2) is 17.3 Å². The topological polar surface area (TPSA) is 41.8 Å². The van der Waals surface area contributed by atoms with Crippen molar-refractivity contribution in [1.29, 1.82) is 0 Å². The van der Waals surface area contributed by atoms with Gasteiger partial charge in [0.2, 0.25) is 0 Å². The summed E-state index contributed by atoms with van der Waals surface area (Å²) in [5.74, 6) is -0.954. The van der Waals surface area contributed by atoms with Gasteiger partial charge in [-0.1, -0.05) is 16.8 Å². The second kappa shape index (κ2) is 4.09. The molecule has 5 heteroatoms. The lowest BCUT2D eigenvalue weighted by Crippen LogP contribution is -1.90. The molecule has 1 N–H and O–H groups in total. The van der Waals surface area contributed by atoms with Crippen molar-refractivity contribution in [3.8, 4) is 5.75 Å². The van der Waals surface area contributed by atoms with Crippen molar-refractivity contribution in [2.45, 2.75) is 0 Å². The van der Waals surface area contributed by atoms with Crippen molar-refractivity contribution < 1.29 is 14.3 Å². The maximum absolute atomic E-state index is 13.1. The van der Waals surface area contributed by atoms with Gasteiger partial charge in [0.1, 0.15) is 12.9 Å². The molecule has 1 rings (SSSR count). The summed E-state index contributed by atoms with van der Waals surface area (Å²) in [4.78, 5) is 4.34. The fraction of sp³-hybridized carbons (Fsp3) is 0.125. The molecule has 1 aromatic carbocycles. The first kappa shape index (κ1) is 9.80. The van der Waals surface area contributed by atoms with Crippen molar-refractivity contribution in [3.63, 3.8) is 0 Å². The first-order valence-electron chi connectivity index (χ1n) is 3.40. The fourth-order valence-corrected chi connectivity index (χ4v) is 0.949. The maximum atomic E-state index is 13.1. The predicted molar refractivity (Wildman–Crippen MR) is 47.7 cm³/mol. The molecule has 13 heavy (non-hydrogen) atoms. The lowest BCUT2D eigenvalue weighted by atomic mass is 10.2. The Morgan fingerprint density at radius 3 is 2.92 bits per heavy atom. The van der Waals surface area contributed by atoms with E-state index >= 15 is 0 Å². The van der Waals surface area contributed by atoms with Crippen LogP contribution in [0.4, 0.5) is 4.39 Å². The highest BCUT2D eigenvalue weighted by Crippen LogP contribution is 2.24. The molecular weight excluding hydrogens is 197 g/mol. The summed E-state index contributed by atoms with van der Waals surface area (Å²) < 4.78 is 13.1. The Labute approximate surface area is 79.4 Å². The third kappa shape index (κ3) is 2.09. The van der Waals surface area contributed by atoms with Crippen molar-refractivity contribution in [2.24, 2.45) is 5.16 Å². The quantitative estimate of drug-likeness (QED) is 0.591. The zero-order valence-corrected chi connectivity index (χ0v) is 7.55. The van der Waals surface area contributed by atoms with Crippen LogP contribution in [0.2, 0.25) is 5.02 Å². The van der Waals surface area contributed by atoms with Gasteiger partial charge >= 0.3 is 0 Å². The number of halogens is 2. The van der Waals surface area contributed by atoms with Crippen LogP contribution >= 0.6 is 11.6 Å². The van der Waals surface area contributed by atoms with E-state index in [0.29, 0.717) is 0 Å². The van der Waals surface area contributed by atoms with Crippen LogP contribution in [0, 0.1) is 5.82 Å². The number of phenols is 1. The predicted octanol–water partition coefficient (Wildman–Crippen LogP) is 2.17. The Bertz CT molecular complexity index is 341. The van der Waals surface area contributed by atoms with Gasteiger partial charge in [-0.25, -0.2) is 4.39 Å². The number of nitrogens with zero attached hydrogens (tertiary/aromatic N) is 1. The molecule has 0 saturated heterocycles. The molecule has 0 amide bonds. The zero-order chi connectivity index (χ0) is 9.84. The summed E-state index contributed by atoms with van der Waals surface area (Å²) in [5, 5.41) is 12.4. The summed E-state index contributed by atoms with van der Waals surface area (Å²) in [6, 6.07) is 2.54. The minimum atomic E-state index is -0.720. The molecule has 0 bridgehead atoms. The third-order valence-electron chi connectivity index (χ3n) is 1.40. The van der Waals surface area contributed by atoms with E-state index in [0.717, 1.165) is 6.21 Å². The number of rotatable bonds is 2. The van der Waals surface area contributed by atoms with Crippen LogP contribution in [-0.2, 0) is 4.84 Å². The summed E-state index contributed by atoms with van der Waals surface area (Å²) >= 11 is 5.48. The third-order valence-corrected chi connectivity index (χ3v) is 1.69. The number of hydrogen-bond donors (Lipinski definition) is 1. The maximum Gasteiger partial charge on any atom is 0.154 e. The summed E-state index contributed by atoms with van der Waals surface area (Å²) in [7, 11) is 1.32. The van der Waals surface area contributed by atoms with Gasteiger partial charge < -0.3 is 9.94 Å². The van der Waals surface area contributed by atoms with Crippen LogP contribution < -0.4 is 0 Å². The van der Waals surface area contributed by atoms with Crippen LogP contribution in [0.25, 0.3) is 0 Å². The largest absolute Gasteiger partial charge is 0.507 e. The van der Waals surface area contributed by atoms with Gasteiger partial charge in [0.05, 0.1) is 16.8 Å². The second-order valence-corrected chi connectivity index (χ2v) is 2.62. The fourth-order valence-electron chi connectivity index (χ4n) is 0.784. The van der Waals surface area contributed by atoms with Crippen molar-refractivity contribution in [3.05, 3.63) is 28.5 Å². The molecule has 0 spiro atoms. The van der Waals surface area contributed by atoms with E-state index < -0.39 is 5.82 Å². The van der Waals surface area contributed by atoms with E-state index in [9.17, 15) is 9.50 Å². The summed E-state index contributed by atoms with van der Waals surface area (Å²) in [5.41, 5.74) is -0.0886.